The summed E-state index contributed by atoms with van der Waals surface area (Å²) in [5, 5.41) is 19.0. The molecule has 1 aromatic heterocycles. The van der Waals surface area contributed by atoms with Gasteiger partial charge in [-0.25, -0.2) is 4.79 Å². The van der Waals surface area contributed by atoms with Crippen molar-refractivity contribution in [1.82, 2.24) is 20.4 Å². The Balaban J connectivity index is 1.59. The summed E-state index contributed by atoms with van der Waals surface area (Å²) in [6, 6.07) is -1.11. The summed E-state index contributed by atoms with van der Waals surface area (Å²) in [5.41, 5.74) is 1.70. The van der Waals surface area contributed by atoms with Crippen molar-refractivity contribution in [2.75, 3.05) is 13.1 Å². The number of aliphatic carboxylic acids is 1. The molecule has 2 aliphatic rings. The molecule has 0 radical (unpaired) electrons. The standard InChI is InChI=1S/C18H26N4O4/c1-10-14(11(2)21-20-10)15(18(25)26)19-16(23)12-6-8-22(9-7-12)17(24)13-4-3-5-13/h12-13,15H,3-9H2,1-2H3,(H,19,23)(H,20,21)(H,25,26). The van der Waals surface area contributed by atoms with Crippen molar-refractivity contribution in [3.63, 3.8) is 0 Å². The molecule has 1 unspecified atom stereocenters. The lowest BCUT2D eigenvalue weighted by molar-refractivity contribution is -0.144. The number of rotatable bonds is 5. The monoisotopic (exact) mass is 362 g/mol. The number of carbonyl (C=O) groups is 3. The van der Waals surface area contributed by atoms with Crippen molar-refractivity contribution in [2.24, 2.45) is 11.8 Å². The molecule has 2 fully saturated rings. The lowest BCUT2D eigenvalue weighted by Crippen LogP contribution is -2.47. The molecule has 2 amide bonds. The van der Waals surface area contributed by atoms with Gasteiger partial charge in [-0.05, 0) is 39.5 Å². The maximum absolute atomic E-state index is 12.6. The Labute approximate surface area is 152 Å². The second-order valence-electron chi connectivity index (χ2n) is 7.35. The van der Waals surface area contributed by atoms with Gasteiger partial charge in [-0.2, -0.15) is 5.10 Å². The summed E-state index contributed by atoms with van der Waals surface area (Å²) >= 11 is 0. The number of aromatic nitrogens is 2. The molecule has 1 aliphatic heterocycles. The van der Waals surface area contributed by atoms with Crippen LogP contribution in [0.5, 0.6) is 0 Å². The van der Waals surface area contributed by atoms with Crippen molar-refractivity contribution in [3.05, 3.63) is 17.0 Å². The first-order valence-corrected chi connectivity index (χ1v) is 9.22. The van der Waals surface area contributed by atoms with Crippen molar-refractivity contribution >= 4 is 17.8 Å². The van der Waals surface area contributed by atoms with E-state index in [1.165, 1.54) is 0 Å². The van der Waals surface area contributed by atoms with Crippen LogP contribution in [0.1, 0.15) is 55.1 Å². The fourth-order valence-corrected chi connectivity index (χ4v) is 3.78. The van der Waals surface area contributed by atoms with E-state index in [4.69, 9.17) is 0 Å². The number of carboxylic acid groups (broad SMARTS) is 1. The molecule has 1 saturated carbocycles. The van der Waals surface area contributed by atoms with E-state index in [2.05, 4.69) is 15.5 Å². The fourth-order valence-electron chi connectivity index (χ4n) is 3.78. The molecule has 26 heavy (non-hydrogen) atoms. The highest BCUT2D eigenvalue weighted by molar-refractivity contribution is 5.86. The highest BCUT2D eigenvalue weighted by atomic mass is 16.4. The molecule has 0 aromatic carbocycles. The molecule has 3 N–H and O–H groups in total. The van der Waals surface area contributed by atoms with Crippen LogP contribution in [0.25, 0.3) is 0 Å². The van der Waals surface area contributed by atoms with Gasteiger partial charge in [-0.3, -0.25) is 14.7 Å². The number of nitrogens with zero attached hydrogens (tertiary/aromatic N) is 2. The molecular weight excluding hydrogens is 336 g/mol. The number of nitrogens with one attached hydrogen (secondary N) is 2. The second kappa shape index (κ2) is 7.47. The first-order valence-electron chi connectivity index (χ1n) is 9.22. The number of aromatic amines is 1. The number of amides is 2. The summed E-state index contributed by atoms with van der Waals surface area (Å²) < 4.78 is 0. The topological polar surface area (TPSA) is 115 Å². The van der Waals surface area contributed by atoms with E-state index in [0.717, 1.165) is 19.3 Å². The van der Waals surface area contributed by atoms with Crippen LogP contribution >= 0.6 is 0 Å². The summed E-state index contributed by atoms with van der Waals surface area (Å²) in [6.07, 6.45) is 4.21. The number of carboxylic acids is 1. The van der Waals surface area contributed by atoms with E-state index in [1.54, 1.807) is 13.8 Å². The van der Waals surface area contributed by atoms with Crippen LogP contribution in [0, 0.1) is 25.7 Å². The van der Waals surface area contributed by atoms with Gasteiger partial charge in [0.2, 0.25) is 11.8 Å². The minimum Gasteiger partial charge on any atom is -0.479 e. The Hall–Kier alpha value is -2.38. The van der Waals surface area contributed by atoms with Crippen molar-refractivity contribution in [1.29, 1.82) is 0 Å². The van der Waals surface area contributed by atoms with Crippen molar-refractivity contribution in [2.45, 2.75) is 52.0 Å². The van der Waals surface area contributed by atoms with Crippen LogP contribution in [-0.2, 0) is 14.4 Å². The van der Waals surface area contributed by atoms with Crippen LogP contribution in [0.4, 0.5) is 0 Å². The average molecular weight is 362 g/mol. The Morgan fingerprint density at radius 2 is 1.81 bits per heavy atom. The van der Waals surface area contributed by atoms with E-state index in [1.807, 2.05) is 4.90 Å². The number of hydrogen-bond acceptors (Lipinski definition) is 4. The number of piperidine rings is 1. The molecule has 0 bridgehead atoms. The van der Waals surface area contributed by atoms with Gasteiger partial charge in [-0.15, -0.1) is 0 Å². The van der Waals surface area contributed by atoms with E-state index in [9.17, 15) is 19.5 Å². The average Bonchev–Trinajstić information content (AvgIpc) is 2.89. The van der Waals surface area contributed by atoms with Gasteiger partial charge in [0.25, 0.3) is 0 Å². The van der Waals surface area contributed by atoms with Gasteiger partial charge in [0.15, 0.2) is 6.04 Å². The summed E-state index contributed by atoms with van der Waals surface area (Å²) in [4.78, 5) is 38.4. The van der Waals surface area contributed by atoms with E-state index in [-0.39, 0.29) is 23.7 Å². The molecule has 142 valence electrons. The number of H-pyrrole nitrogens is 1. The summed E-state index contributed by atoms with van der Waals surface area (Å²) in [6.45, 7) is 4.58. The van der Waals surface area contributed by atoms with Crippen LogP contribution in [0.3, 0.4) is 0 Å². The summed E-state index contributed by atoms with van der Waals surface area (Å²) in [7, 11) is 0. The molecule has 8 heteroatoms. The van der Waals surface area contributed by atoms with Crippen molar-refractivity contribution < 1.29 is 19.5 Å². The fraction of sp³-hybridized carbons (Fsp3) is 0.667. The van der Waals surface area contributed by atoms with E-state index < -0.39 is 12.0 Å². The zero-order valence-electron chi connectivity index (χ0n) is 15.2. The highest BCUT2D eigenvalue weighted by Gasteiger charge is 2.35. The lowest BCUT2D eigenvalue weighted by atomic mass is 9.83. The third kappa shape index (κ3) is 3.59. The van der Waals surface area contributed by atoms with Crippen molar-refractivity contribution in [3.8, 4) is 0 Å². The maximum Gasteiger partial charge on any atom is 0.331 e. The maximum atomic E-state index is 12.6. The Bertz CT molecular complexity index is 683. The number of aryl methyl sites for hydroxylation is 2. The third-order valence-corrected chi connectivity index (χ3v) is 5.64. The van der Waals surface area contributed by atoms with Gasteiger partial charge in [-0.1, -0.05) is 6.42 Å². The van der Waals surface area contributed by atoms with Crippen LogP contribution in [-0.4, -0.2) is 51.1 Å². The Morgan fingerprint density at radius 3 is 2.27 bits per heavy atom. The number of likely N-dealkylation sites (tertiary alicyclic amines) is 1. The number of hydrogen-bond donors (Lipinski definition) is 3. The number of carbonyl (C=O) groups excluding carboxylic acids is 2. The van der Waals surface area contributed by atoms with Crippen LogP contribution in [0.2, 0.25) is 0 Å². The first-order chi connectivity index (χ1) is 12.4. The van der Waals surface area contributed by atoms with Crippen LogP contribution in [0.15, 0.2) is 0 Å². The molecule has 1 saturated heterocycles. The third-order valence-electron chi connectivity index (χ3n) is 5.64. The molecule has 2 heterocycles. The van der Waals surface area contributed by atoms with Gasteiger partial charge >= 0.3 is 5.97 Å². The predicted octanol–water partition coefficient (Wildman–Crippen LogP) is 1.31. The molecule has 0 spiro atoms. The second-order valence-corrected chi connectivity index (χ2v) is 7.35. The zero-order valence-corrected chi connectivity index (χ0v) is 15.2. The molecule has 8 nitrogen and oxygen atoms in total. The highest BCUT2D eigenvalue weighted by Crippen LogP contribution is 2.30. The largest absolute Gasteiger partial charge is 0.479 e. The molecular formula is C18H26N4O4. The predicted molar refractivity (Wildman–Crippen MR) is 93.2 cm³/mol. The summed E-state index contributed by atoms with van der Waals surface area (Å²) in [5.74, 6) is -1.27. The quantitative estimate of drug-likeness (QED) is 0.730. The van der Waals surface area contributed by atoms with E-state index in [0.29, 0.717) is 42.9 Å². The van der Waals surface area contributed by atoms with Gasteiger partial charge in [0, 0.05) is 36.2 Å². The van der Waals surface area contributed by atoms with Gasteiger partial charge in [0.1, 0.15) is 0 Å². The normalized spacial score (nSPS) is 19.7. The van der Waals surface area contributed by atoms with Gasteiger partial charge < -0.3 is 15.3 Å². The molecule has 3 rings (SSSR count). The van der Waals surface area contributed by atoms with Gasteiger partial charge in [0.05, 0.1) is 5.69 Å². The minimum atomic E-state index is -1.11. The van der Waals surface area contributed by atoms with E-state index >= 15 is 0 Å². The zero-order chi connectivity index (χ0) is 18.8. The molecule has 1 atom stereocenters. The smallest absolute Gasteiger partial charge is 0.331 e. The molecule has 1 aliphatic carbocycles. The van der Waals surface area contributed by atoms with Crippen LogP contribution < -0.4 is 5.32 Å². The Kier molecular flexibility index (Phi) is 5.29. The SMILES string of the molecule is Cc1n[nH]c(C)c1C(NC(=O)C1CCN(C(=O)C2CCC2)CC1)C(=O)O. The minimum absolute atomic E-state index is 0.170. The Morgan fingerprint density at radius 1 is 1.15 bits per heavy atom. The molecule has 1 aromatic rings. The first kappa shape index (κ1) is 18.4. The lowest BCUT2D eigenvalue weighted by Gasteiger charge is -2.36.